The summed E-state index contributed by atoms with van der Waals surface area (Å²) in [5.41, 5.74) is 1.08. The molecule has 2 aromatic rings. The molecule has 0 aliphatic carbocycles. The third-order valence-electron chi connectivity index (χ3n) is 2.35. The molecule has 5 nitrogen and oxygen atoms in total. The summed E-state index contributed by atoms with van der Waals surface area (Å²) >= 11 is 0. The van der Waals surface area contributed by atoms with E-state index in [4.69, 9.17) is 0 Å². The monoisotopic (exact) mass is 244 g/mol. The van der Waals surface area contributed by atoms with Gasteiger partial charge >= 0.3 is 0 Å². The van der Waals surface area contributed by atoms with Crippen molar-refractivity contribution in [1.82, 2.24) is 10.3 Å². The highest BCUT2D eigenvalue weighted by Crippen LogP contribution is 2.11. The lowest BCUT2D eigenvalue weighted by atomic mass is 10.2. The SMILES string of the molecule is O=C(NCc1cccc(O)c1)c1cncc(O)c1. The van der Waals surface area contributed by atoms with Crippen molar-refractivity contribution in [3.8, 4) is 11.5 Å². The number of aromatic nitrogens is 1. The van der Waals surface area contributed by atoms with E-state index in [1.54, 1.807) is 24.3 Å². The Bertz CT molecular complexity index is 570. The topological polar surface area (TPSA) is 82.5 Å². The van der Waals surface area contributed by atoms with Crippen LogP contribution in [0.15, 0.2) is 42.7 Å². The van der Waals surface area contributed by atoms with Gasteiger partial charge in [0.1, 0.15) is 11.5 Å². The number of nitrogens with zero attached hydrogens (tertiary/aromatic N) is 1. The number of phenolic OH excluding ortho intramolecular Hbond substituents is 1. The van der Waals surface area contributed by atoms with Crippen LogP contribution in [0.1, 0.15) is 15.9 Å². The molecule has 0 fully saturated rings. The maximum absolute atomic E-state index is 11.7. The fourth-order valence-corrected chi connectivity index (χ4v) is 1.50. The first-order chi connectivity index (χ1) is 8.65. The summed E-state index contributed by atoms with van der Waals surface area (Å²) in [6, 6.07) is 7.96. The van der Waals surface area contributed by atoms with Gasteiger partial charge in [-0.3, -0.25) is 9.78 Å². The number of rotatable bonds is 3. The molecule has 0 radical (unpaired) electrons. The average molecular weight is 244 g/mol. The normalized spacial score (nSPS) is 10.0. The molecule has 0 bridgehead atoms. The zero-order chi connectivity index (χ0) is 13.0. The van der Waals surface area contributed by atoms with Gasteiger partial charge in [-0.25, -0.2) is 0 Å². The van der Waals surface area contributed by atoms with Crippen LogP contribution in [0.5, 0.6) is 11.5 Å². The van der Waals surface area contributed by atoms with E-state index in [0.717, 1.165) is 5.56 Å². The summed E-state index contributed by atoms with van der Waals surface area (Å²) in [6.07, 6.45) is 2.63. The molecular formula is C13H12N2O3. The minimum absolute atomic E-state index is 0.0556. The minimum Gasteiger partial charge on any atom is -0.508 e. The van der Waals surface area contributed by atoms with Crippen LogP contribution in [0.25, 0.3) is 0 Å². The predicted octanol–water partition coefficient (Wildman–Crippen LogP) is 1.42. The highest BCUT2D eigenvalue weighted by atomic mass is 16.3. The molecule has 92 valence electrons. The third kappa shape index (κ3) is 2.98. The van der Waals surface area contributed by atoms with E-state index in [2.05, 4.69) is 10.3 Å². The second-order valence-electron chi connectivity index (χ2n) is 3.78. The van der Waals surface area contributed by atoms with E-state index in [1.807, 2.05) is 0 Å². The molecule has 0 aliphatic rings. The second-order valence-corrected chi connectivity index (χ2v) is 3.78. The van der Waals surface area contributed by atoms with Crippen molar-refractivity contribution in [3.63, 3.8) is 0 Å². The summed E-state index contributed by atoms with van der Waals surface area (Å²) in [5, 5.41) is 21.2. The molecular weight excluding hydrogens is 232 g/mol. The van der Waals surface area contributed by atoms with Crippen LogP contribution < -0.4 is 5.32 Å². The number of pyridine rings is 1. The Morgan fingerprint density at radius 1 is 1.17 bits per heavy atom. The quantitative estimate of drug-likeness (QED) is 0.762. The number of amides is 1. The van der Waals surface area contributed by atoms with Gasteiger partial charge in [0.15, 0.2) is 0 Å². The van der Waals surface area contributed by atoms with Crippen LogP contribution in [0.4, 0.5) is 0 Å². The molecule has 0 atom stereocenters. The Hall–Kier alpha value is -2.56. The molecule has 0 aliphatic heterocycles. The predicted molar refractivity (Wildman–Crippen MR) is 65.2 cm³/mol. The number of carbonyl (C=O) groups is 1. The zero-order valence-electron chi connectivity index (χ0n) is 9.50. The first kappa shape index (κ1) is 11.9. The Labute approximate surface area is 104 Å². The fourth-order valence-electron chi connectivity index (χ4n) is 1.50. The molecule has 2 rings (SSSR count). The van der Waals surface area contributed by atoms with Gasteiger partial charge in [0.2, 0.25) is 0 Å². The fraction of sp³-hybridized carbons (Fsp3) is 0.0769. The van der Waals surface area contributed by atoms with Crippen LogP contribution >= 0.6 is 0 Å². The van der Waals surface area contributed by atoms with E-state index in [1.165, 1.54) is 18.5 Å². The van der Waals surface area contributed by atoms with Crippen molar-refractivity contribution in [2.75, 3.05) is 0 Å². The third-order valence-corrected chi connectivity index (χ3v) is 2.35. The van der Waals surface area contributed by atoms with E-state index >= 15 is 0 Å². The van der Waals surface area contributed by atoms with Crippen molar-refractivity contribution < 1.29 is 15.0 Å². The van der Waals surface area contributed by atoms with Crippen molar-refractivity contribution in [2.45, 2.75) is 6.54 Å². The molecule has 0 saturated heterocycles. The smallest absolute Gasteiger partial charge is 0.253 e. The van der Waals surface area contributed by atoms with Crippen LogP contribution in [0.2, 0.25) is 0 Å². The molecule has 5 heteroatoms. The number of hydrogen-bond donors (Lipinski definition) is 3. The highest BCUT2D eigenvalue weighted by Gasteiger charge is 2.06. The zero-order valence-corrected chi connectivity index (χ0v) is 9.50. The molecule has 0 saturated carbocycles. The van der Waals surface area contributed by atoms with Crippen LogP contribution in [0, 0.1) is 0 Å². The van der Waals surface area contributed by atoms with Crippen molar-refractivity contribution in [2.24, 2.45) is 0 Å². The Balaban J connectivity index is 2.00. The maximum atomic E-state index is 11.7. The summed E-state index contributed by atoms with van der Waals surface area (Å²) < 4.78 is 0. The molecule has 0 unspecified atom stereocenters. The molecule has 1 aromatic heterocycles. The molecule has 1 heterocycles. The summed E-state index contributed by atoms with van der Waals surface area (Å²) in [7, 11) is 0. The van der Waals surface area contributed by atoms with Gasteiger partial charge in [-0.1, -0.05) is 12.1 Å². The van der Waals surface area contributed by atoms with Crippen LogP contribution in [-0.4, -0.2) is 21.1 Å². The van der Waals surface area contributed by atoms with E-state index < -0.39 is 0 Å². The van der Waals surface area contributed by atoms with Gasteiger partial charge in [0.25, 0.3) is 5.91 Å². The van der Waals surface area contributed by atoms with Crippen molar-refractivity contribution in [1.29, 1.82) is 0 Å². The lowest BCUT2D eigenvalue weighted by Gasteiger charge is -2.05. The number of aromatic hydroxyl groups is 2. The van der Waals surface area contributed by atoms with Crippen molar-refractivity contribution in [3.05, 3.63) is 53.9 Å². The summed E-state index contributed by atoms with van der Waals surface area (Å²) in [6.45, 7) is 0.295. The Kier molecular flexibility index (Phi) is 3.43. The number of nitrogens with one attached hydrogen (secondary N) is 1. The van der Waals surface area contributed by atoms with Gasteiger partial charge < -0.3 is 15.5 Å². The molecule has 0 spiro atoms. The Morgan fingerprint density at radius 3 is 2.72 bits per heavy atom. The number of hydrogen-bond acceptors (Lipinski definition) is 4. The minimum atomic E-state index is -0.332. The molecule has 18 heavy (non-hydrogen) atoms. The summed E-state index contributed by atoms with van der Waals surface area (Å²) in [5.74, 6) is -0.234. The molecule has 3 N–H and O–H groups in total. The lowest BCUT2D eigenvalue weighted by Crippen LogP contribution is -2.22. The van der Waals surface area contributed by atoms with Gasteiger partial charge in [-0.15, -0.1) is 0 Å². The molecule has 1 aromatic carbocycles. The van der Waals surface area contributed by atoms with Gasteiger partial charge in [-0.05, 0) is 23.8 Å². The summed E-state index contributed by atoms with van der Waals surface area (Å²) in [4.78, 5) is 15.5. The van der Waals surface area contributed by atoms with Crippen LogP contribution in [0.3, 0.4) is 0 Å². The highest BCUT2D eigenvalue weighted by molar-refractivity contribution is 5.94. The average Bonchev–Trinajstić information content (AvgIpc) is 2.36. The maximum Gasteiger partial charge on any atom is 0.253 e. The van der Waals surface area contributed by atoms with E-state index in [9.17, 15) is 15.0 Å². The second kappa shape index (κ2) is 5.18. The lowest BCUT2D eigenvalue weighted by molar-refractivity contribution is 0.0950. The number of carbonyl (C=O) groups excluding carboxylic acids is 1. The van der Waals surface area contributed by atoms with Gasteiger partial charge in [-0.2, -0.15) is 0 Å². The van der Waals surface area contributed by atoms with E-state index in [-0.39, 0.29) is 23.0 Å². The Morgan fingerprint density at radius 2 is 2.00 bits per heavy atom. The largest absolute Gasteiger partial charge is 0.508 e. The molecule has 1 amide bonds. The first-order valence-electron chi connectivity index (χ1n) is 5.35. The number of phenols is 1. The van der Waals surface area contributed by atoms with Crippen LogP contribution in [-0.2, 0) is 6.54 Å². The van der Waals surface area contributed by atoms with Gasteiger partial charge in [0.05, 0.1) is 11.8 Å². The standard InChI is InChI=1S/C13H12N2O3/c16-11-3-1-2-9(4-11)6-15-13(18)10-5-12(17)8-14-7-10/h1-5,7-8,16-17H,6H2,(H,15,18). The van der Waals surface area contributed by atoms with E-state index in [0.29, 0.717) is 6.54 Å². The van der Waals surface area contributed by atoms with Gasteiger partial charge in [0, 0.05) is 12.7 Å². The van der Waals surface area contributed by atoms with Crippen molar-refractivity contribution >= 4 is 5.91 Å². The number of benzene rings is 1. The first-order valence-corrected chi connectivity index (χ1v) is 5.35.